The number of rotatable bonds is 7. The monoisotopic (exact) mass is 320 g/mol. The Morgan fingerprint density at radius 1 is 1.39 bits per heavy atom. The molecule has 3 N–H and O–H groups in total. The first kappa shape index (κ1) is 16.7. The van der Waals surface area contributed by atoms with Gasteiger partial charge in [0.25, 0.3) is 11.8 Å². The minimum atomic E-state index is -0.331. The molecule has 0 saturated carbocycles. The number of nitrogens with two attached hydrogens (primary N) is 1. The molecule has 2 heterocycles. The highest BCUT2D eigenvalue weighted by Gasteiger charge is 2.12. The molecule has 124 valence electrons. The predicted octanol–water partition coefficient (Wildman–Crippen LogP) is 0.758. The van der Waals surface area contributed by atoms with E-state index in [9.17, 15) is 4.79 Å². The van der Waals surface area contributed by atoms with Crippen LogP contribution >= 0.6 is 0 Å². The lowest BCUT2D eigenvalue weighted by molar-refractivity contribution is 0.0941. The number of carbonyl (C=O) groups excluding carboxylic acids is 1. The highest BCUT2D eigenvalue weighted by atomic mass is 16.6. The van der Waals surface area contributed by atoms with Crippen LogP contribution in [0.5, 0.6) is 5.88 Å². The molecule has 9 nitrogen and oxygen atoms in total. The van der Waals surface area contributed by atoms with E-state index in [1.807, 2.05) is 0 Å². The Morgan fingerprint density at radius 3 is 2.83 bits per heavy atom. The Balaban J connectivity index is 1.87. The van der Waals surface area contributed by atoms with E-state index in [1.165, 1.54) is 0 Å². The number of nitrogens with one attached hydrogen (secondary N) is 1. The van der Waals surface area contributed by atoms with E-state index in [0.29, 0.717) is 17.5 Å². The Bertz CT molecular complexity index is 670. The summed E-state index contributed by atoms with van der Waals surface area (Å²) in [6.45, 7) is 6.37. The van der Waals surface area contributed by atoms with E-state index >= 15 is 0 Å². The third-order valence-electron chi connectivity index (χ3n) is 2.88. The summed E-state index contributed by atoms with van der Waals surface area (Å²) in [5.74, 6) is 0.481. The Hall–Kier alpha value is -2.71. The van der Waals surface area contributed by atoms with Crippen molar-refractivity contribution in [2.24, 2.45) is 5.92 Å². The highest BCUT2D eigenvalue weighted by Crippen LogP contribution is 2.10. The van der Waals surface area contributed by atoms with Crippen LogP contribution in [0, 0.1) is 12.8 Å². The van der Waals surface area contributed by atoms with Crippen LogP contribution < -0.4 is 15.8 Å². The highest BCUT2D eigenvalue weighted by molar-refractivity contribution is 5.92. The second-order valence-corrected chi connectivity index (χ2v) is 5.46. The molecular formula is C14H20N6O3. The van der Waals surface area contributed by atoms with Crippen molar-refractivity contribution in [1.29, 1.82) is 0 Å². The quantitative estimate of drug-likeness (QED) is 0.715. The molecule has 0 unspecified atom stereocenters. The number of nitrogens with zero attached hydrogens (tertiary/aromatic N) is 4. The van der Waals surface area contributed by atoms with Crippen LogP contribution in [0.3, 0.4) is 0 Å². The third kappa shape index (κ3) is 4.90. The summed E-state index contributed by atoms with van der Waals surface area (Å²) in [4.78, 5) is 20.2. The number of amides is 1. The van der Waals surface area contributed by atoms with E-state index in [-0.39, 0.29) is 30.7 Å². The van der Waals surface area contributed by atoms with Crippen molar-refractivity contribution in [3.63, 3.8) is 0 Å². The molecule has 9 heteroatoms. The van der Waals surface area contributed by atoms with Crippen molar-refractivity contribution in [3.05, 3.63) is 23.1 Å². The number of ether oxygens (including phenoxy) is 1. The molecule has 0 aliphatic carbocycles. The number of hydrogen-bond acceptors (Lipinski definition) is 8. The van der Waals surface area contributed by atoms with Crippen LogP contribution in [-0.4, -0.2) is 39.3 Å². The van der Waals surface area contributed by atoms with Crippen molar-refractivity contribution < 1.29 is 14.2 Å². The van der Waals surface area contributed by atoms with E-state index in [1.54, 1.807) is 13.0 Å². The van der Waals surface area contributed by atoms with Crippen LogP contribution in [0.4, 0.5) is 5.95 Å². The molecule has 2 rings (SSSR count). The fraction of sp³-hybridized carbons (Fsp3) is 0.500. The lowest BCUT2D eigenvalue weighted by atomic mass is 10.1. The fourth-order valence-electron chi connectivity index (χ4n) is 1.91. The van der Waals surface area contributed by atoms with Gasteiger partial charge in [-0.3, -0.25) is 4.79 Å². The number of carbonyl (C=O) groups is 1. The normalized spacial score (nSPS) is 10.8. The van der Waals surface area contributed by atoms with Crippen LogP contribution in [0.15, 0.2) is 10.7 Å². The molecule has 2 aromatic rings. The topological polar surface area (TPSA) is 129 Å². The molecule has 0 aromatic carbocycles. The zero-order chi connectivity index (χ0) is 16.8. The molecule has 0 saturated heterocycles. The summed E-state index contributed by atoms with van der Waals surface area (Å²) < 4.78 is 9.83. The SMILES string of the molecule is Cc1nonc1OCCNC(=O)c1cc(CC(C)C)nc(N)n1. The van der Waals surface area contributed by atoms with Gasteiger partial charge in [0.2, 0.25) is 5.95 Å². The molecule has 0 atom stereocenters. The van der Waals surface area contributed by atoms with Gasteiger partial charge in [-0.1, -0.05) is 19.0 Å². The molecule has 0 radical (unpaired) electrons. The maximum atomic E-state index is 12.1. The first-order chi connectivity index (χ1) is 11.0. The lowest BCUT2D eigenvalue weighted by Gasteiger charge is -2.08. The van der Waals surface area contributed by atoms with Gasteiger partial charge < -0.3 is 15.8 Å². The van der Waals surface area contributed by atoms with Crippen molar-refractivity contribution >= 4 is 11.9 Å². The fourth-order valence-corrected chi connectivity index (χ4v) is 1.91. The molecule has 0 spiro atoms. The van der Waals surface area contributed by atoms with Crippen molar-refractivity contribution in [1.82, 2.24) is 25.6 Å². The molecular weight excluding hydrogens is 300 g/mol. The molecule has 0 bridgehead atoms. The van der Waals surface area contributed by atoms with Crippen LogP contribution in [0.25, 0.3) is 0 Å². The first-order valence-electron chi connectivity index (χ1n) is 7.29. The number of nitrogen functional groups attached to an aromatic ring is 1. The number of aryl methyl sites for hydroxylation is 1. The van der Waals surface area contributed by atoms with Crippen LogP contribution in [-0.2, 0) is 6.42 Å². The van der Waals surface area contributed by atoms with E-state index in [2.05, 4.69) is 44.1 Å². The van der Waals surface area contributed by atoms with E-state index in [0.717, 1.165) is 12.1 Å². The smallest absolute Gasteiger partial charge is 0.278 e. The second kappa shape index (κ2) is 7.52. The molecule has 0 aliphatic heterocycles. The van der Waals surface area contributed by atoms with Crippen molar-refractivity contribution in [2.45, 2.75) is 27.2 Å². The van der Waals surface area contributed by atoms with Gasteiger partial charge in [0, 0.05) is 5.69 Å². The van der Waals surface area contributed by atoms with Crippen LogP contribution in [0.2, 0.25) is 0 Å². The predicted molar refractivity (Wildman–Crippen MR) is 81.8 cm³/mol. The van der Waals surface area contributed by atoms with Gasteiger partial charge in [0.05, 0.1) is 6.54 Å². The molecule has 2 aromatic heterocycles. The largest absolute Gasteiger partial charge is 0.472 e. The summed E-state index contributed by atoms with van der Waals surface area (Å²) >= 11 is 0. The Morgan fingerprint density at radius 2 is 2.17 bits per heavy atom. The van der Waals surface area contributed by atoms with Gasteiger partial charge >= 0.3 is 0 Å². The number of aromatic nitrogens is 4. The standard InChI is InChI=1S/C14H20N6O3/c1-8(2)6-10-7-11(18-14(15)17-10)12(21)16-4-5-22-13-9(3)19-23-20-13/h7-8H,4-6H2,1-3H3,(H,16,21)(H2,15,17,18). The van der Waals surface area contributed by atoms with Crippen molar-refractivity contribution in [3.8, 4) is 5.88 Å². The van der Waals surface area contributed by atoms with Gasteiger partial charge in [-0.25, -0.2) is 14.6 Å². The lowest BCUT2D eigenvalue weighted by Crippen LogP contribution is -2.29. The van der Waals surface area contributed by atoms with Gasteiger partial charge in [0.15, 0.2) is 0 Å². The summed E-state index contributed by atoms with van der Waals surface area (Å²) in [6.07, 6.45) is 0.731. The average Bonchev–Trinajstić information content (AvgIpc) is 2.87. The number of hydrogen-bond donors (Lipinski definition) is 2. The summed E-state index contributed by atoms with van der Waals surface area (Å²) in [6, 6.07) is 1.65. The van der Waals surface area contributed by atoms with Gasteiger partial charge in [-0.15, -0.1) is 0 Å². The van der Waals surface area contributed by atoms with Crippen molar-refractivity contribution in [2.75, 3.05) is 18.9 Å². The zero-order valence-corrected chi connectivity index (χ0v) is 13.4. The Labute approximate surface area is 133 Å². The van der Waals surface area contributed by atoms with Gasteiger partial charge in [0.1, 0.15) is 18.0 Å². The van der Waals surface area contributed by atoms with Gasteiger partial charge in [-0.2, -0.15) is 0 Å². The van der Waals surface area contributed by atoms with Gasteiger partial charge in [-0.05, 0) is 30.5 Å². The summed E-state index contributed by atoms with van der Waals surface area (Å²) in [5.41, 5.74) is 7.20. The average molecular weight is 320 g/mol. The maximum absolute atomic E-state index is 12.1. The zero-order valence-electron chi connectivity index (χ0n) is 13.4. The molecule has 0 fully saturated rings. The second-order valence-electron chi connectivity index (χ2n) is 5.46. The summed E-state index contributed by atoms with van der Waals surface area (Å²) in [5, 5.41) is 9.87. The maximum Gasteiger partial charge on any atom is 0.278 e. The Kier molecular flexibility index (Phi) is 5.45. The minimum absolute atomic E-state index is 0.0915. The van der Waals surface area contributed by atoms with Crippen LogP contribution in [0.1, 0.15) is 35.7 Å². The minimum Gasteiger partial charge on any atom is -0.472 e. The number of anilines is 1. The van der Waals surface area contributed by atoms with E-state index in [4.69, 9.17) is 10.5 Å². The first-order valence-corrected chi connectivity index (χ1v) is 7.29. The molecule has 23 heavy (non-hydrogen) atoms. The summed E-state index contributed by atoms with van der Waals surface area (Å²) in [7, 11) is 0. The third-order valence-corrected chi connectivity index (χ3v) is 2.88. The molecule has 0 aliphatic rings. The molecule has 1 amide bonds. The van der Waals surface area contributed by atoms with E-state index < -0.39 is 0 Å².